The Bertz CT molecular complexity index is 609. The predicted molar refractivity (Wildman–Crippen MR) is 85.6 cm³/mol. The van der Waals surface area contributed by atoms with Crippen molar-refractivity contribution in [3.05, 3.63) is 23.4 Å². The van der Waals surface area contributed by atoms with E-state index < -0.39 is 0 Å². The van der Waals surface area contributed by atoms with E-state index in [-0.39, 0.29) is 5.91 Å². The summed E-state index contributed by atoms with van der Waals surface area (Å²) in [6, 6.07) is 4.31. The number of nitrogens with zero attached hydrogens (tertiary/aromatic N) is 3. The molecule has 1 fully saturated rings. The molecule has 2 aromatic heterocycles. The van der Waals surface area contributed by atoms with E-state index in [1.54, 1.807) is 11.3 Å². The van der Waals surface area contributed by atoms with Gasteiger partial charge in [-0.3, -0.25) is 4.79 Å². The normalized spacial score (nSPS) is 18.6. The summed E-state index contributed by atoms with van der Waals surface area (Å²) in [5, 5.41) is 10.1. The first-order valence-corrected chi connectivity index (χ1v) is 8.81. The zero-order chi connectivity index (χ0) is 15.4. The van der Waals surface area contributed by atoms with Gasteiger partial charge in [0.2, 0.25) is 11.8 Å². The van der Waals surface area contributed by atoms with Gasteiger partial charge in [-0.25, -0.2) is 0 Å². The Morgan fingerprint density at radius 2 is 2.36 bits per heavy atom. The summed E-state index contributed by atoms with van der Waals surface area (Å²) in [5.74, 6) is 1.30. The molecule has 1 amide bonds. The maximum absolute atomic E-state index is 12.4. The molecule has 3 heterocycles. The molecular formula is C16H21N3O2S. The highest BCUT2D eigenvalue weighted by Crippen LogP contribution is 2.24. The van der Waals surface area contributed by atoms with Crippen LogP contribution in [0.1, 0.15) is 44.9 Å². The third-order valence-corrected chi connectivity index (χ3v) is 5.03. The summed E-state index contributed by atoms with van der Waals surface area (Å²) in [5.41, 5.74) is 0. The van der Waals surface area contributed by atoms with Crippen LogP contribution in [0.15, 0.2) is 21.9 Å². The molecule has 1 aliphatic rings. The van der Waals surface area contributed by atoms with Gasteiger partial charge in [0.1, 0.15) is 0 Å². The smallest absolute Gasteiger partial charge is 0.257 e. The van der Waals surface area contributed by atoms with E-state index in [4.69, 9.17) is 4.42 Å². The molecule has 5 nitrogen and oxygen atoms in total. The number of aromatic nitrogens is 2. The molecule has 0 spiro atoms. The molecule has 0 bridgehead atoms. The van der Waals surface area contributed by atoms with Gasteiger partial charge < -0.3 is 9.32 Å². The number of piperidine rings is 1. The number of hydrogen-bond donors (Lipinski definition) is 0. The minimum Gasteiger partial charge on any atom is -0.420 e. The molecule has 118 valence electrons. The van der Waals surface area contributed by atoms with Crippen molar-refractivity contribution in [2.75, 3.05) is 6.54 Å². The minimum atomic E-state index is 0.211. The lowest BCUT2D eigenvalue weighted by Gasteiger charge is -2.35. The lowest BCUT2D eigenvalue weighted by atomic mass is 9.99. The molecule has 2 aromatic rings. The zero-order valence-electron chi connectivity index (χ0n) is 12.8. The summed E-state index contributed by atoms with van der Waals surface area (Å²) in [7, 11) is 0. The summed E-state index contributed by atoms with van der Waals surface area (Å²) in [4.78, 5) is 15.4. The molecule has 1 unspecified atom stereocenters. The Labute approximate surface area is 134 Å². The van der Waals surface area contributed by atoms with Crippen molar-refractivity contribution in [3.8, 4) is 10.8 Å². The fraction of sp³-hybridized carbons (Fsp3) is 0.562. The van der Waals surface area contributed by atoms with Crippen molar-refractivity contribution in [3.63, 3.8) is 0 Å². The van der Waals surface area contributed by atoms with E-state index >= 15 is 0 Å². The van der Waals surface area contributed by atoms with Crippen LogP contribution in [0.3, 0.4) is 0 Å². The average molecular weight is 319 g/mol. The van der Waals surface area contributed by atoms with Gasteiger partial charge in [-0.2, -0.15) is 0 Å². The van der Waals surface area contributed by atoms with Gasteiger partial charge in [0.15, 0.2) is 0 Å². The molecule has 0 aromatic carbocycles. The molecule has 0 N–H and O–H groups in total. The van der Waals surface area contributed by atoms with Crippen LogP contribution in [0, 0.1) is 0 Å². The van der Waals surface area contributed by atoms with E-state index in [0.29, 0.717) is 30.7 Å². The Morgan fingerprint density at radius 3 is 3.14 bits per heavy atom. The summed E-state index contributed by atoms with van der Waals surface area (Å²) in [6.45, 7) is 3.04. The van der Waals surface area contributed by atoms with Crippen molar-refractivity contribution in [2.24, 2.45) is 0 Å². The average Bonchev–Trinajstić information content (AvgIpc) is 3.23. The Morgan fingerprint density at radius 1 is 1.45 bits per heavy atom. The number of carbonyl (C=O) groups excluding carboxylic acids is 1. The van der Waals surface area contributed by atoms with Gasteiger partial charge in [-0.05, 0) is 37.1 Å². The monoisotopic (exact) mass is 319 g/mol. The molecule has 1 atom stereocenters. The van der Waals surface area contributed by atoms with Crippen molar-refractivity contribution in [2.45, 2.75) is 51.5 Å². The van der Waals surface area contributed by atoms with Crippen molar-refractivity contribution in [1.82, 2.24) is 15.1 Å². The fourth-order valence-corrected chi connectivity index (χ4v) is 3.61. The van der Waals surface area contributed by atoms with Crippen molar-refractivity contribution in [1.29, 1.82) is 0 Å². The van der Waals surface area contributed by atoms with Crippen LogP contribution in [-0.4, -0.2) is 33.6 Å². The molecule has 1 aliphatic heterocycles. The van der Waals surface area contributed by atoms with Gasteiger partial charge in [-0.1, -0.05) is 13.0 Å². The molecule has 0 radical (unpaired) electrons. The van der Waals surface area contributed by atoms with Gasteiger partial charge in [0.25, 0.3) is 5.89 Å². The molecule has 0 saturated carbocycles. The first-order chi connectivity index (χ1) is 10.8. The third kappa shape index (κ3) is 3.38. The van der Waals surface area contributed by atoms with E-state index in [0.717, 1.165) is 30.7 Å². The minimum absolute atomic E-state index is 0.211. The number of likely N-dealkylation sites (tertiary alicyclic amines) is 1. The molecule has 3 rings (SSSR count). The first-order valence-electron chi connectivity index (χ1n) is 7.93. The van der Waals surface area contributed by atoms with Crippen LogP contribution in [-0.2, 0) is 11.2 Å². The van der Waals surface area contributed by atoms with E-state index in [2.05, 4.69) is 17.1 Å². The number of amides is 1. The van der Waals surface area contributed by atoms with Crippen LogP contribution in [0.2, 0.25) is 0 Å². The van der Waals surface area contributed by atoms with E-state index in [9.17, 15) is 4.79 Å². The molecule has 1 saturated heterocycles. The topological polar surface area (TPSA) is 59.2 Å². The summed E-state index contributed by atoms with van der Waals surface area (Å²) >= 11 is 1.57. The predicted octanol–water partition coefficient (Wildman–Crippen LogP) is 3.52. The first kappa shape index (κ1) is 15.2. The van der Waals surface area contributed by atoms with Gasteiger partial charge in [-0.15, -0.1) is 21.5 Å². The van der Waals surface area contributed by atoms with Gasteiger partial charge in [0, 0.05) is 25.4 Å². The Hall–Kier alpha value is -1.69. The lowest BCUT2D eigenvalue weighted by molar-refractivity contribution is -0.135. The number of thiophene rings is 1. The second kappa shape index (κ2) is 7.05. The fourth-order valence-electron chi connectivity index (χ4n) is 2.97. The van der Waals surface area contributed by atoms with Crippen molar-refractivity contribution >= 4 is 17.2 Å². The zero-order valence-corrected chi connectivity index (χ0v) is 13.6. The van der Waals surface area contributed by atoms with E-state index in [1.807, 2.05) is 22.4 Å². The standard InChI is InChI=1S/C16H21N3O2S/c1-2-12-6-3-4-10-19(12)15(20)9-8-14-17-18-16(21-14)13-7-5-11-22-13/h5,7,11-12H,2-4,6,8-10H2,1H3. The summed E-state index contributed by atoms with van der Waals surface area (Å²) in [6.07, 6.45) is 5.48. The second-order valence-corrected chi connectivity index (χ2v) is 6.57. The van der Waals surface area contributed by atoms with Crippen LogP contribution < -0.4 is 0 Å². The maximum atomic E-state index is 12.4. The van der Waals surface area contributed by atoms with Gasteiger partial charge in [0.05, 0.1) is 4.88 Å². The third-order valence-electron chi connectivity index (χ3n) is 4.17. The Balaban J connectivity index is 1.57. The highest BCUT2D eigenvalue weighted by atomic mass is 32.1. The molecule has 22 heavy (non-hydrogen) atoms. The van der Waals surface area contributed by atoms with Crippen LogP contribution in [0.5, 0.6) is 0 Å². The van der Waals surface area contributed by atoms with Crippen molar-refractivity contribution < 1.29 is 9.21 Å². The maximum Gasteiger partial charge on any atom is 0.257 e. The highest BCUT2D eigenvalue weighted by molar-refractivity contribution is 7.13. The van der Waals surface area contributed by atoms with Crippen LogP contribution >= 0.6 is 11.3 Å². The van der Waals surface area contributed by atoms with Crippen LogP contribution in [0.4, 0.5) is 0 Å². The quantitative estimate of drug-likeness (QED) is 0.846. The molecular weight excluding hydrogens is 298 g/mol. The van der Waals surface area contributed by atoms with E-state index in [1.165, 1.54) is 6.42 Å². The Kier molecular flexibility index (Phi) is 4.87. The highest BCUT2D eigenvalue weighted by Gasteiger charge is 2.25. The number of hydrogen-bond acceptors (Lipinski definition) is 5. The number of carbonyl (C=O) groups is 1. The number of aryl methyl sites for hydroxylation is 1. The number of rotatable bonds is 5. The van der Waals surface area contributed by atoms with Gasteiger partial charge >= 0.3 is 0 Å². The molecule has 0 aliphatic carbocycles. The SMILES string of the molecule is CCC1CCCCN1C(=O)CCc1nnc(-c2cccs2)o1. The second-order valence-electron chi connectivity index (χ2n) is 5.62. The lowest BCUT2D eigenvalue weighted by Crippen LogP contribution is -2.43. The molecule has 6 heteroatoms. The van der Waals surface area contributed by atoms with Crippen LogP contribution in [0.25, 0.3) is 10.8 Å². The largest absolute Gasteiger partial charge is 0.420 e. The summed E-state index contributed by atoms with van der Waals surface area (Å²) < 4.78 is 5.64.